The summed E-state index contributed by atoms with van der Waals surface area (Å²) >= 11 is 0. The molecule has 1 aliphatic heterocycles. The number of carbonyl (C=O) groups excluding carboxylic acids is 3. The third-order valence-electron chi connectivity index (χ3n) is 4.31. The number of carbonyl (C=O) groups is 3. The van der Waals surface area contributed by atoms with E-state index in [1.165, 1.54) is 30.0 Å². The molecule has 0 saturated carbocycles. The average molecular weight is 377 g/mol. The fourth-order valence-corrected chi connectivity index (χ4v) is 2.93. The van der Waals surface area contributed by atoms with Crippen LogP contribution in [0.1, 0.15) is 36.8 Å². The highest BCUT2D eigenvalue weighted by molar-refractivity contribution is 6.21. The average Bonchev–Trinajstić information content (AvgIpc) is 3.28. The molecule has 2 aromatic carbocycles. The molecule has 140 valence electrons. The smallest absolute Gasteiger partial charge is 0.384 e. The number of benzene rings is 2. The molecule has 1 aromatic heterocycles. The predicted molar refractivity (Wildman–Crippen MR) is 97.2 cm³/mol. The first-order chi connectivity index (χ1) is 13.5. The summed E-state index contributed by atoms with van der Waals surface area (Å²) < 4.78 is 6.78. The quantitative estimate of drug-likeness (QED) is 0.649. The topological polar surface area (TPSA) is 90.7 Å². The third kappa shape index (κ3) is 2.81. The van der Waals surface area contributed by atoms with Crippen molar-refractivity contribution in [3.63, 3.8) is 0 Å². The van der Waals surface area contributed by atoms with E-state index in [2.05, 4.69) is 5.10 Å². The molecular weight excluding hydrogens is 362 g/mol. The van der Waals surface area contributed by atoms with Crippen LogP contribution in [0.4, 0.5) is 0 Å². The Bertz CT molecular complexity index is 1080. The Hall–Kier alpha value is -3.94. The summed E-state index contributed by atoms with van der Waals surface area (Å²) in [5.74, 6) is -1.71. The first-order valence-corrected chi connectivity index (χ1v) is 8.40. The molecule has 0 aliphatic carbocycles. The molecule has 3 aromatic rings. The number of aromatic nitrogens is 2. The molecule has 0 fully saturated rings. The number of fused-ring (bicyclic) bond motifs is 1. The number of imide groups is 1. The molecule has 2 amide bonds. The van der Waals surface area contributed by atoms with Crippen LogP contribution < -0.4 is 4.74 Å². The van der Waals surface area contributed by atoms with E-state index < -0.39 is 17.8 Å². The van der Waals surface area contributed by atoms with Crippen LogP contribution in [0.3, 0.4) is 0 Å². The summed E-state index contributed by atoms with van der Waals surface area (Å²) in [6.45, 7) is 1.92. The van der Waals surface area contributed by atoms with Gasteiger partial charge in [0.05, 0.1) is 18.2 Å². The Morgan fingerprint density at radius 1 is 1.00 bits per heavy atom. The molecule has 2 heterocycles. The molecule has 0 radical (unpaired) electrons. The van der Waals surface area contributed by atoms with Crippen molar-refractivity contribution in [1.29, 1.82) is 0 Å². The van der Waals surface area contributed by atoms with Gasteiger partial charge in [0.25, 0.3) is 11.8 Å². The molecule has 0 spiro atoms. The number of methoxy groups -OCH3 is 1. The van der Waals surface area contributed by atoms with E-state index in [0.717, 1.165) is 5.56 Å². The Kier molecular flexibility index (Phi) is 4.15. The Morgan fingerprint density at radius 3 is 2.32 bits per heavy atom. The molecule has 4 rings (SSSR count). The summed E-state index contributed by atoms with van der Waals surface area (Å²) in [5, 5.41) is 4.64. The second kappa shape index (κ2) is 6.66. The molecule has 1 aliphatic rings. The van der Waals surface area contributed by atoms with Crippen molar-refractivity contribution in [2.24, 2.45) is 0 Å². The van der Waals surface area contributed by atoms with Gasteiger partial charge in [-0.2, -0.15) is 5.10 Å². The van der Waals surface area contributed by atoms with Crippen LogP contribution in [-0.4, -0.2) is 39.7 Å². The maximum Gasteiger partial charge on any atom is 0.384 e. The normalized spacial score (nSPS) is 12.9. The number of aryl methyl sites for hydroxylation is 1. The lowest BCUT2D eigenvalue weighted by molar-refractivity contribution is -0.0588. The van der Waals surface area contributed by atoms with Crippen molar-refractivity contribution >= 4 is 17.8 Å². The number of rotatable bonds is 4. The number of hydroxylamine groups is 2. The maximum absolute atomic E-state index is 12.4. The Balaban J connectivity index is 1.58. The van der Waals surface area contributed by atoms with Gasteiger partial charge in [-0.3, -0.25) is 9.59 Å². The van der Waals surface area contributed by atoms with Crippen molar-refractivity contribution in [2.45, 2.75) is 6.92 Å². The van der Waals surface area contributed by atoms with Gasteiger partial charge in [0.1, 0.15) is 11.4 Å². The van der Waals surface area contributed by atoms with Gasteiger partial charge in [0, 0.05) is 6.20 Å². The highest BCUT2D eigenvalue weighted by atomic mass is 16.7. The van der Waals surface area contributed by atoms with Crippen LogP contribution in [0.15, 0.2) is 54.7 Å². The maximum atomic E-state index is 12.4. The minimum absolute atomic E-state index is 0.0554. The fraction of sp³-hybridized carbons (Fsp3) is 0.100. The number of hydrogen-bond acceptors (Lipinski definition) is 6. The van der Waals surface area contributed by atoms with Crippen LogP contribution in [0.25, 0.3) is 5.69 Å². The second-order valence-electron chi connectivity index (χ2n) is 6.15. The van der Waals surface area contributed by atoms with Gasteiger partial charge >= 0.3 is 5.97 Å². The summed E-state index contributed by atoms with van der Waals surface area (Å²) in [4.78, 5) is 42.1. The molecular formula is C20H15N3O5. The summed E-state index contributed by atoms with van der Waals surface area (Å²) in [5.41, 5.74) is 1.95. The van der Waals surface area contributed by atoms with Crippen molar-refractivity contribution in [3.8, 4) is 11.4 Å². The molecule has 0 unspecified atom stereocenters. The minimum Gasteiger partial charge on any atom is -0.494 e. The monoisotopic (exact) mass is 377 g/mol. The number of hydrogen-bond donors (Lipinski definition) is 0. The van der Waals surface area contributed by atoms with Gasteiger partial charge in [0.15, 0.2) is 5.69 Å². The van der Waals surface area contributed by atoms with E-state index in [1.807, 2.05) is 19.1 Å². The standard InChI is InChI=1S/C20H15N3O5/c1-12-7-8-17(27-2)16(11-12)22-10-9-15(21-22)20(26)28-23-18(24)13-5-3-4-6-14(13)19(23)25/h3-11H,1-2H3. The van der Waals surface area contributed by atoms with E-state index in [-0.39, 0.29) is 16.8 Å². The largest absolute Gasteiger partial charge is 0.494 e. The molecule has 8 heteroatoms. The first-order valence-electron chi connectivity index (χ1n) is 8.40. The third-order valence-corrected chi connectivity index (χ3v) is 4.31. The van der Waals surface area contributed by atoms with Gasteiger partial charge in [-0.05, 0) is 42.8 Å². The number of ether oxygens (including phenoxy) is 1. The highest BCUT2D eigenvalue weighted by Gasteiger charge is 2.39. The molecule has 28 heavy (non-hydrogen) atoms. The lowest BCUT2D eigenvalue weighted by Gasteiger charge is -2.11. The molecule has 8 nitrogen and oxygen atoms in total. The first kappa shape index (κ1) is 17.5. The predicted octanol–water partition coefficient (Wildman–Crippen LogP) is 2.56. The Labute approximate surface area is 159 Å². The lowest BCUT2D eigenvalue weighted by Crippen LogP contribution is -2.32. The second-order valence-corrected chi connectivity index (χ2v) is 6.15. The molecule has 0 N–H and O–H groups in total. The van der Waals surface area contributed by atoms with Crippen LogP contribution in [0.5, 0.6) is 5.75 Å². The van der Waals surface area contributed by atoms with E-state index in [4.69, 9.17) is 9.57 Å². The fourth-order valence-electron chi connectivity index (χ4n) is 2.93. The van der Waals surface area contributed by atoms with Gasteiger partial charge in [0.2, 0.25) is 0 Å². The van der Waals surface area contributed by atoms with Gasteiger partial charge in [-0.25, -0.2) is 9.48 Å². The van der Waals surface area contributed by atoms with E-state index in [1.54, 1.807) is 24.4 Å². The number of amides is 2. The van der Waals surface area contributed by atoms with Crippen molar-refractivity contribution < 1.29 is 24.0 Å². The van der Waals surface area contributed by atoms with Crippen LogP contribution in [-0.2, 0) is 4.84 Å². The zero-order valence-electron chi connectivity index (χ0n) is 15.1. The minimum atomic E-state index is -0.917. The molecule has 0 saturated heterocycles. The van der Waals surface area contributed by atoms with Crippen LogP contribution in [0, 0.1) is 6.92 Å². The lowest BCUT2D eigenvalue weighted by atomic mass is 10.1. The van der Waals surface area contributed by atoms with E-state index in [9.17, 15) is 14.4 Å². The van der Waals surface area contributed by atoms with Crippen LogP contribution in [0.2, 0.25) is 0 Å². The number of nitrogens with zero attached hydrogens (tertiary/aromatic N) is 3. The van der Waals surface area contributed by atoms with Crippen LogP contribution >= 0.6 is 0 Å². The summed E-state index contributed by atoms with van der Waals surface area (Å²) in [7, 11) is 1.54. The van der Waals surface area contributed by atoms with E-state index >= 15 is 0 Å². The zero-order valence-corrected chi connectivity index (χ0v) is 15.1. The van der Waals surface area contributed by atoms with Crippen molar-refractivity contribution in [3.05, 3.63) is 77.1 Å². The van der Waals surface area contributed by atoms with Crippen molar-refractivity contribution in [1.82, 2.24) is 14.8 Å². The summed E-state index contributed by atoms with van der Waals surface area (Å²) in [6.07, 6.45) is 1.57. The SMILES string of the molecule is COc1ccc(C)cc1-n1ccc(C(=O)ON2C(=O)c3ccccc3C2=O)n1. The Morgan fingerprint density at radius 2 is 1.68 bits per heavy atom. The molecule has 0 bridgehead atoms. The van der Waals surface area contributed by atoms with Gasteiger partial charge < -0.3 is 9.57 Å². The summed E-state index contributed by atoms with van der Waals surface area (Å²) in [6, 6.07) is 13.2. The molecule has 0 atom stereocenters. The van der Waals surface area contributed by atoms with Crippen molar-refractivity contribution in [2.75, 3.05) is 7.11 Å². The zero-order chi connectivity index (χ0) is 19.8. The van der Waals surface area contributed by atoms with E-state index in [0.29, 0.717) is 16.5 Å². The highest BCUT2D eigenvalue weighted by Crippen LogP contribution is 2.25. The van der Waals surface area contributed by atoms with Gasteiger partial charge in [-0.15, -0.1) is 0 Å². The van der Waals surface area contributed by atoms with Gasteiger partial charge in [-0.1, -0.05) is 23.3 Å².